The Morgan fingerprint density at radius 2 is 1.96 bits per heavy atom. The molecule has 2 fully saturated rings. The maximum atomic E-state index is 12.1. The summed E-state index contributed by atoms with van der Waals surface area (Å²) >= 11 is 0. The van der Waals surface area contributed by atoms with Crippen LogP contribution in [-0.4, -0.2) is 40.9 Å². The van der Waals surface area contributed by atoms with E-state index in [0.29, 0.717) is 30.4 Å². The molecule has 2 atom stereocenters. The molecule has 2 aliphatic rings. The van der Waals surface area contributed by atoms with Gasteiger partial charge in [0.1, 0.15) is 17.7 Å². The van der Waals surface area contributed by atoms with Crippen LogP contribution in [0.2, 0.25) is 0 Å². The zero-order valence-corrected chi connectivity index (χ0v) is 16.0. The molecule has 7 heteroatoms. The first kappa shape index (κ1) is 18.4. The second-order valence-corrected chi connectivity index (χ2v) is 7.64. The van der Waals surface area contributed by atoms with Gasteiger partial charge in [-0.1, -0.05) is 37.3 Å². The van der Waals surface area contributed by atoms with Gasteiger partial charge in [0.2, 0.25) is 11.8 Å². The van der Waals surface area contributed by atoms with Crippen molar-refractivity contribution in [3.63, 3.8) is 0 Å². The number of aromatic nitrogens is 2. The number of carbonyl (C=O) groups is 2. The van der Waals surface area contributed by atoms with Gasteiger partial charge in [-0.05, 0) is 25.2 Å². The first-order valence-electron chi connectivity index (χ1n) is 9.88. The highest BCUT2D eigenvalue weighted by molar-refractivity contribution is 6.01. The molecule has 2 N–H and O–H groups in total. The van der Waals surface area contributed by atoms with Crippen LogP contribution in [0.5, 0.6) is 0 Å². The third-order valence-corrected chi connectivity index (χ3v) is 5.29. The lowest BCUT2D eigenvalue weighted by Crippen LogP contribution is -2.47. The largest absolute Gasteiger partial charge is 0.358 e. The molecule has 2 saturated heterocycles. The van der Waals surface area contributed by atoms with Crippen molar-refractivity contribution in [2.75, 3.05) is 23.3 Å². The standard InChI is InChI=1S/C21H25N5O2/c1-14-6-5-11-26(13-14)18-12-17(22-16-9-10-19(27)25-21(16)28)23-20(24-18)15-7-3-2-4-8-15/h2-4,7-8,12,14,16H,5-6,9-11,13H2,1H3,(H,22,23,24)(H,25,27,28). The van der Waals surface area contributed by atoms with Gasteiger partial charge in [-0.25, -0.2) is 9.97 Å². The number of anilines is 2. The quantitative estimate of drug-likeness (QED) is 0.794. The molecule has 0 bridgehead atoms. The van der Waals surface area contributed by atoms with Crippen LogP contribution in [0.25, 0.3) is 11.4 Å². The fourth-order valence-electron chi connectivity index (χ4n) is 3.79. The Labute approximate surface area is 164 Å². The third kappa shape index (κ3) is 4.13. The molecule has 1 aromatic carbocycles. The number of hydrogen-bond acceptors (Lipinski definition) is 6. The van der Waals surface area contributed by atoms with E-state index in [0.717, 1.165) is 30.9 Å². The van der Waals surface area contributed by atoms with E-state index in [1.807, 2.05) is 36.4 Å². The van der Waals surface area contributed by atoms with Crippen molar-refractivity contribution in [1.29, 1.82) is 0 Å². The molecule has 3 heterocycles. The summed E-state index contributed by atoms with van der Waals surface area (Å²) in [5.41, 5.74) is 0.931. The first-order chi connectivity index (χ1) is 13.6. The molecule has 2 aliphatic heterocycles. The van der Waals surface area contributed by atoms with E-state index in [1.54, 1.807) is 0 Å². The predicted octanol–water partition coefficient (Wildman–Crippen LogP) is 2.60. The first-order valence-corrected chi connectivity index (χ1v) is 9.88. The van der Waals surface area contributed by atoms with Crippen LogP contribution in [0.15, 0.2) is 36.4 Å². The molecule has 1 aromatic heterocycles. The van der Waals surface area contributed by atoms with E-state index in [4.69, 9.17) is 4.98 Å². The van der Waals surface area contributed by atoms with Crippen molar-refractivity contribution in [3.05, 3.63) is 36.4 Å². The van der Waals surface area contributed by atoms with E-state index in [-0.39, 0.29) is 11.8 Å². The molecule has 0 saturated carbocycles. The lowest BCUT2D eigenvalue weighted by molar-refractivity contribution is -0.133. The lowest BCUT2D eigenvalue weighted by atomic mass is 10.0. The molecule has 7 nitrogen and oxygen atoms in total. The molecule has 28 heavy (non-hydrogen) atoms. The number of amides is 2. The fraction of sp³-hybridized carbons (Fsp3) is 0.429. The lowest BCUT2D eigenvalue weighted by Gasteiger charge is -2.32. The summed E-state index contributed by atoms with van der Waals surface area (Å²) in [6, 6.07) is 11.3. The summed E-state index contributed by atoms with van der Waals surface area (Å²) in [7, 11) is 0. The normalized spacial score (nSPS) is 22.7. The zero-order valence-electron chi connectivity index (χ0n) is 16.0. The Morgan fingerprint density at radius 3 is 2.71 bits per heavy atom. The summed E-state index contributed by atoms with van der Waals surface area (Å²) in [4.78, 5) is 35.3. The van der Waals surface area contributed by atoms with Crippen LogP contribution in [0.4, 0.5) is 11.6 Å². The highest BCUT2D eigenvalue weighted by Gasteiger charge is 2.27. The Kier molecular flexibility index (Phi) is 5.23. The monoisotopic (exact) mass is 379 g/mol. The zero-order chi connectivity index (χ0) is 19.5. The second-order valence-electron chi connectivity index (χ2n) is 7.64. The number of benzene rings is 1. The van der Waals surface area contributed by atoms with Gasteiger partial charge in [-0.3, -0.25) is 14.9 Å². The van der Waals surface area contributed by atoms with Crippen LogP contribution in [-0.2, 0) is 9.59 Å². The average molecular weight is 379 g/mol. The number of piperidine rings is 2. The van der Waals surface area contributed by atoms with E-state index < -0.39 is 6.04 Å². The topological polar surface area (TPSA) is 87.2 Å². The van der Waals surface area contributed by atoms with Crippen molar-refractivity contribution in [2.24, 2.45) is 5.92 Å². The number of nitrogens with zero attached hydrogens (tertiary/aromatic N) is 3. The molecule has 2 amide bonds. The van der Waals surface area contributed by atoms with Gasteiger partial charge in [0, 0.05) is 31.1 Å². The Bertz CT molecular complexity index is 870. The van der Waals surface area contributed by atoms with Crippen LogP contribution < -0.4 is 15.5 Å². The summed E-state index contributed by atoms with van der Waals surface area (Å²) < 4.78 is 0. The number of rotatable bonds is 4. The van der Waals surface area contributed by atoms with Crippen LogP contribution in [0.1, 0.15) is 32.6 Å². The summed E-state index contributed by atoms with van der Waals surface area (Å²) in [6.45, 7) is 4.19. The highest BCUT2D eigenvalue weighted by Crippen LogP contribution is 2.27. The molecular formula is C21H25N5O2. The smallest absolute Gasteiger partial charge is 0.249 e. The van der Waals surface area contributed by atoms with Crippen LogP contribution >= 0.6 is 0 Å². The summed E-state index contributed by atoms with van der Waals surface area (Å²) in [6.07, 6.45) is 3.16. The van der Waals surface area contributed by atoms with Gasteiger partial charge >= 0.3 is 0 Å². The van der Waals surface area contributed by atoms with Crippen LogP contribution in [0, 0.1) is 5.92 Å². The maximum absolute atomic E-state index is 12.1. The van der Waals surface area contributed by atoms with Crippen molar-refractivity contribution in [3.8, 4) is 11.4 Å². The summed E-state index contributed by atoms with van der Waals surface area (Å²) in [5.74, 6) is 2.20. The SMILES string of the molecule is CC1CCCN(c2cc(NC3CCC(=O)NC3=O)nc(-c3ccccc3)n2)C1. The minimum Gasteiger partial charge on any atom is -0.358 e. The number of carbonyl (C=O) groups excluding carboxylic acids is 2. The third-order valence-electron chi connectivity index (χ3n) is 5.29. The molecule has 0 radical (unpaired) electrons. The van der Waals surface area contributed by atoms with E-state index in [2.05, 4.69) is 27.4 Å². The number of imide groups is 1. The predicted molar refractivity (Wildman–Crippen MR) is 108 cm³/mol. The minimum absolute atomic E-state index is 0.223. The Balaban J connectivity index is 1.65. The Hall–Kier alpha value is -2.96. The van der Waals surface area contributed by atoms with Crippen molar-refractivity contribution < 1.29 is 9.59 Å². The number of nitrogens with one attached hydrogen (secondary N) is 2. The Morgan fingerprint density at radius 1 is 1.14 bits per heavy atom. The molecule has 146 valence electrons. The maximum Gasteiger partial charge on any atom is 0.249 e. The van der Waals surface area contributed by atoms with Gasteiger partial charge in [0.25, 0.3) is 0 Å². The van der Waals surface area contributed by atoms with E-state index >= 15 is 0 Å². The van der Waals surface area contributed by atoms with Gasteiger partial charge in [-0.2, -0.15) is 0 Å². The van der Waals surface area contributed by atoms with E-state index in [9.17, 15) is 9.59 Å². The fourth-order valence-corrected chi connectivity index (χ4v) is 3.79. The molecule has 4 rings (SSSR count). The van der Waals surface area contributed by atoms with Gasteiger partial charge in [0.05, 0.1) is 0 Å². The van der Waals surface area contributed by atoms with Crippen molar-refractivity contribution in [1.82, 2.24) is 15.3 Å². The molecular weight excluding hydrogens is 354 g/mol. The van der Waals surface area contributed by atoms with Gasteiger partial charge < -0.3 is 10.2 Å². The van der Waals surface area contributed by atoms with Gasteiger partial charge in [-0.15, -0.1) is 0 Å². The molecule has 2 aromatic rings. The number of hydrogen-bond donors (Lipinski definition) is 2. The highest BCUT2D eigenvalue weighted by atomic mass is 16.2. The summed E-state index contributed by atoms with van der Waals surface area (Å²) in [5, 5.41) is 5.60. The molecule has 2 unspecified atom stereocenters. The van der Waals surface area contributed by atoms with Crippen molar-refractivity contribution >= 4 is 23.5 Å². The molecule has 0 spiro atoms. The van der Waals surface area contributed by atoms with E-state index in [1.165, 1.54) is 6.42 Å². The average Bonchev–Trinajstić information content (AvgIpc) is 2.71. The second kappa shape index (κ2) is 7.96. The van der Waals surface area contributed by atoms with Crippen molar-refractivity contribution in [2.45, 2.75) is 38.6 Å². The van der Waals surface area contributed by atoms with Gasteiger partial charge in [0.15, 0.2) is 5.82 Å². The molecule has 0 aliphatic carbocycles. The minimum atomic E-state index is -0.468. The van der Waals surface area contributed by atoms with Crippen LogP contribution in [0.3, 0.4) is 0 Å².